The molecule has 3 heterocycles. The van der Waals surface area contributed by atoms with Crippen LogP contribution < -0.4 is 10.7 Å². The summed E-state index contributed by atoms with van der Waals surface area (Å²) in [7, 11) is 1.88. The molecule has 0 aliphatic heterocycles. The number of likely N-dealkylation sites (N-methyl/N-ethyl adjacent to an activating group) is 1. The molecule has 8 nitrogen and oxygen atoms in total. The lowest BCUT2D eigenvalue weighted by Gasteiger charge is -2.18. The lowest BCUT2D eigenvalue weighted by Crippen LogP contribution is -2.29. The zero-order valence-corrected chi connectivity index (χ0v) is 22.8. The predicted octanol–water partition coefficient (Wildman–Crippen LogP) is 4.55. The number of rotatable bonds is 10. The molecule has 1 atom stereocenters. The van der Waals surface area contributed by atoms with Crippen molar-refractivity contribution in [1.29, 1.82) is 0 Å². The van der Waals surface area contributed by atoms with Crippen molar-refractivity contribution in [2.75, 3.05) is 20.2 Å². The van der Waals surface area contributed by atoms with Gasteiger partial charge in [-0.15, -0.1) is 11.3 Å². The number of hydrogen-bond donors (Lipinski definition) is 3. The molecule has 0 bridgehead atoms. The zero-order chi connectivity index (χ0) is 27.5. The third-order valence-electron chi connectivity index (χ3n) is 6.43. The minimum absolute atomic E-state index is 0.0166. The number of carbonyl (C=O) groups excluding carboxylic acids is 1. The molecule has 3 N–H and O–H groups in total. The van der Waals surface area contributed by atoms with Crippen LogP contribution >= 0.6 is 22.9 Å². The Kier molecular flexibility index (Phi) is 8.15. The van der Waals surface area contributed by atoms with Crippen molar-refractivity contribution in [1.82, 2.24) is 14.8 Å². The summed E-state index contributed by atoms with van der Waals surface area (Å²) in [6, 6.07) is 18.3. The summed E-state index contributed by atoms with van der Waals surface area (Å²) in [5, 5.41) is 25.1. The molecule has 0 saturated heterocycles. The molecule has 0 fully saturated rings. The first-order chi connectivity index (χ1) is 18.8. The van der Waals surface area contributed by atoms with E-state index in [0.29, 0.717) is 34.1 Å². The van der Waals surface area contributed by atoms with Crippen molar-refractivity contribution < 1.29 is 19.4 Å². The van der Waals surface area contributed by atoms with E-state index in [1.54, 1.807) is 22.8 Å². The number of fused-ring (bicyclic) bond motifs is 2. The third-order valence-corrected chi connectivity index (χ3v) is 7.84. The number of carbonyl (C=O) groups is 1. The fourth-order valence-electron chi connectivity index (χ4n) is 4.50. The number of nitrogens with one attached hydrogen (secondary N) is 1. The smallest absolute Gasteiger partial charge is 0.257 e. The molecule has 3 aromatic heterocycles. The Labute approximate surface area is 233 Å². The second-order valence-corrected chi connectivity index (χ2v) is 11.0. The number of nitrogens with zero attached hydrogens (tertiary/aromatic N) is 2. The molecule has 39 heavy (non-hydrogen) atoms. The molecule has 0 spiro atoms. The van der Waals surface area contributed by atoms with Crippen molar-refractivity contribution in [3.05, 3.63) is 104 Å². The van der Waals surface area contributed by atoms with Crippen LogP contribution in [0.2, 0.25) is 5.02 Å². The van der Waals surface area contributed by atoms with E-state index in [1.165, 1.54) is 17.5 Å². The Bertz CT molecular complexity index is 1640. The van der Waals surface area contributed by atoms with Crippen LogP contribution in [0.5, 0.6) is 0 Å². The minimum Gasteiger partial charge on any atom is -0.458 e. The summed E-state index contributed by atoms with van der Waals surface area (Å²) in [5.41, 5.74) is 1.24. The molecule has 1 amide bonds. The van der Waals surface area contributed by atoms with Crippen molar-refractivity contribution in [2.24, 2.45) is 0 Å². The number of aliphatic hydroxyl groups is 2. The van der Waals surface area contributed by atoms with Gasteiger partial charge in [0.15, 0.2) is 0 Å². The molecule has 0 aliphatic rings. The fourth-order valence-corrected chi connectivity index (χ4v) is 5.86. The monoisotopic (exact) mass is 565 g/mol. The van der Waals surface area contributed by atoms with E-state index in [2.05, 4.69) is 5.32 Å². The summed E-state index contributed by atoms with van der Waals surface area (Å²) in [5.74, 6) is 0.0126. The number of hydrogen-bond acceptors (Lipinski definition) is 7. The van der Waals surface area contributed by atoms with Crippen molar-refractivity contribution in [3.63, 3.8) is 0 Å². The second kappa shape index (κ2) is 11.7. The van der Waals surface area contributed by atoms with Gasteiger partial charge in [0.05, 0.1) is 12.0 Å². The van der Waals surface area contributed by atoms with Crippen LogP contribution in [0.1, 0.15) is 32.7 Å². The quantitative estimate of drug-likeness (QED) is 0.229. The van der Waals surface area contributed by atoms with Crippen LogP contribution in [0.3, 0.4) is 0 Å². The number of aromatic nitrogens is 1. The SMILES string of the molecule is CN(Cc1cc2c(=O)c(C(=O)NCc3ccc(Cl)cc3)cn(CCO)c2s1)CC(O)c1cc2ccccc2o1. The van der Waals surface area contributed by atoms with E-state index in [4.69, 9.17) is 16.0 Å². The van der Waals surface area contributed by atoms with E-state index in [9.17, 15) is 19.8 Å². The third kappa shape index (κ3) is 6.08. The van der Waals surface area contributed by atoms with E-state index >= 15 is 0 Å². The molecule has 0 saturated carbocycles. The Morgan fingerprint density at radius 2 is 1.95 bits per heavy atom. The van der Waals surface area contributed by atoms with Gasteiger partial charge >= 0.3 is 0 Å². The summed E-state index contributed by atoms with van der Waals surface area (Å²) < 4.78 is 7.53. The van der Waals surface area contributed by atoms with Gasteiger partial charge in [0.2, 0.25) is 5.43 Å². The lowest BCUT2D eigenvalue weighted by molar-refractivity contribution is 0.0949. The Balaban J connectivity index is 1.33. The number of thiophene rings is 1. The number of halogens is 1. The zero-order valence-electron chi connectivity index (χ0n) is 21.3. The van der Waals surface area contributed by atoms with Crippen molar-refractivity contribution in [3.8, 4) is 0 Å². The molecule has 2 aromatic carbocycles. The highest BCUT2D eigenvalue weighted by Crippen LogP contribution is 2.27. The van der Waals surface area contributed by atoms with Crippen LogP contribution in [0.25, 0.3) is 21.2 Å². The number of para-hydroxylation sites is 1. The molecule has 1 unspecified atom stereocenters. The van der Waals surface area contributed by atoms with E-state index in [-0.39, 0.29) is 30.7 Å². The summed E-state index contributed by atoms with van der Waals surface area (Å²) >= 11 is 7.35. The van der Waals surface area contributed by atoms with Crippen molar-refractivity contribution >= 4 is 50.0 Å². The summed E-state index contributed by atoms with van der Waals surface area (Å²) in [6.07, 6.45) is 0.690. The van der Waals surface area contributed by atoms with Gasteiger partial charge in [-0.2, -0.15) is 0 Å². The average Bonchev–Trinajstić information content (AvgIpc) is 3.55. The Morgan fingerprint density at radius 1 is 1.18 bits per heavy atom. The van der Waals surface area contributed by atoms with Crippen LogP contribution in [-0.2, 0) is 19.6 Å². The van der Waals surface area contributed by atoms with Gasteiger partial charge in [-0.05, 0) is 42.9 Å². The van der Waals surface area contributed by atoms with Gasteiger partial charge < -0.3 is 24.5 Å². The van der Waals surface area contributed by atoms with Gasteiger partial charge in [-0.25, -0.2) is 0 Å². The lowest BCUT2D eigenvalue weighted by atomic mass is 10.1. The molecule has 202 valence electrons. The predicted molar refractivity (Wildman–Crippen MR) is 153 cm³/mol. The van der Waals surface area contributed by atoms with Crippen LogP contribution in [-0.4, -0.2) is 45.8 Å². The standard InChI is InChI=1S/C29H28ClN3O5S/c1-32(17-24(35)26-12-19-4-2-3-5-25(19)38-26)15-21-13-22-27(36)23(16-33(10-11-34)29(22)39-21)28(37)31-14-18-6-8-20(30)9-7-18/h2-9,12-13,16,24,34-35H,10-11,14-15,17H2,1H3,(H,31,37). The van der Waals surface area contributed by atoms with E-state index in [1.807, 2.05) is 54.4 Å². The van der Waals surface area contributed by atoms with E-state index in [0.717, 1.165) is 21.4 Å². The number of amides is 1. The molecule has 0 aliphatic carbocycles. The van der Waals surface area contributed by atoms with Crippen LogP contribution in [0, 0.1) is 0 Å². The van der Waals surface area contributed by atoms with Gasteiger partial charge in [0.25, 0.3) is 5.91 Å². The maximum atomic E-state index is 13.3. The minimum atomic E-state index is -0.817. The highest BCUT2D eigenvalue weighted by Gasteiger charge is 2.20. The molecule has 10 heteroatoms. The molecule has 5 aromatic rings. The maximum Gasteiger partial charge on any atom is 0.257 e. The number of furan rings is 1. The largest absolute Gasteiger partial charge is 0.458 e. The van der Waals surface area contributed by atoms with Crippen LogP contribution in [0.4, 0.5) is 0 Å². The van der Waals surface area contributed by atoms with Gasteiger partial charge in [-0.3, -0.25) is 14.5 Å². The summed E-state index contributed by atoms with van der Waals surface area (Å²) in [4.78, 5) is 29.8. The van der Waals surface area contributed by atoms with Gasteiger partial charge in [0, 0.05) is 47.7 Å². The van der Waals surface area contributed by atoms with Crippen LogP contribution in [0.15, 0.2) is 76.1 Å². The van der Waals surface area contributed by atoms with E-state index < -0.39 is 12.0 Å². The number of aliphatic hydroxyl groups excluding tert-OH is 2. The first-order valence-corrected chi connectivity index (χ1v) is 13.7. The Hall–Kier alpha value is -3.47. The number of benzene rings is 2. The normalized spacial score (nSPS) is 12.4. The average molecular weight is 566 g/mol. The molecular weight excluding hydrogens is 538 g/mol. The first kappa shape index (κ1) is 27.1. The topological polar surface area (TPSA) is 108 Å². The Morgan fingerprint density at radius 3 is 2.69 bits per heavy atom. The molecular formula is C29H28ClN3O5S. The first-order valence-electron chi connectivity index (χ1n) is 12.5. The van der Waals surface area contributed by atoms with Crippen molar-refractivity contribution in [2.45, 2.75) is 25.7 Å². The highest BCUT2D eigenvalue weighted by atomic mass is 35.5. The number of pyridine rings is 1. The highest BCUT2D eigenvalue weighted by molar-refractivity contribution is 7.18. The second-order valence-electron chi connectivity index (χ2n) is 9.43. The van der Waals surface area contributed by atoms with Gasteiger partial charge in [-0.1, -0.05) is 41.9 Å². The molecule has 0 radical (unpaired) electrons. The van der Waals surface area contributed by atoms with Gasteiger partial charge in [0.1, 0.15) is 27.8 Å². The summed E-state index contributed by atoms with van der Waals surface area (Å²) in [6.45, 7) is 1.16. The fraction of sp³-hybridized carbons (Fsp3) is 0.241. The maximum absolute atomic E-state index is 13.3. The molecule has 5 rings (SSSR count).